The minimum atomic E-state index is 0.182. The van der Waals surface area contributed by atoms with Crippen molar-refractivity contribution < 1.29 is 5.11 Å². The summed E-state index contributed by atoms with van der Waals surface area (Å²) in [6, 6.07) is 0. The number of anilines is 1. The summed E-state index contributed by atoms with van der Waals surface area (Å²) < 4.78 is 1.82. The van der Waals surface area contributed by atoms with Crippen molar-refractivity contribution in [2.24, 2.45) is 7.05 Å². The highest BCUT2D eigenvalue weighted by Gasteiger charge is 2.28. The van der Waals surface area contributed by atoms with Gasteiger partial charge in [0.1, 0.15) is 16.9 Å². The van der Waals surface area contributed by atoms with Crippen LogP contribution < -0.4 is 5.32 Å². The topological polar surface area (TPSA) is 75.9 Å². The van der Waals surface area contributed by atoms with Gasteiger partial charge < -0.3 is 10.4 Å². The highest BCUT2D eigenvalue weighted by atomic mass is 16.3. The fraction of sp³-hybridized carbons (Fsp3) is 0.615. The molecule has 0 unspecified atom stereocenters. The van der Waals surface area contributed by atoms with Crippen LogP contribution >= 0.6 is 0 Å². The van der Waals surface area contributed by atoms with Gasteiger partial charge in [0.05, 0.1) is 5.69 Å². The Labute approximate surface area is 111 Å². The predicted molar refractivity (Wildman–Crippen MR) is 73.2 cm³/mol. The number of fused-ring (bicyclic) bond motifs is 1. The minimum Gasteiger partial charge on any atom is -0.396 e. The number of nitrogens with one attached hydrogen (secondary N) is 1. The first kappa shape index (κ1) is 12.3. The fourth-order valence-electron chi connectivity index (χ4n) is 2.29. The molecule has 0 spiro atoms. The van der Waals surface area contributed by atoms with Gasteiger partial charge in [-0.3, -0.25) is 4.68 Å². The zero-order valence-electron chi connectivity index (χ0n) is 11.3. The zero-order chi connectivity index (χ0) is 13.4. The van der Waals surface area contributed by atoms with Gasteiger partial charge in [0.25, 0.3) is 0 Å². The highest BCUT2D eigenvalue weighted by Crippen LogP contribution is 2.39. The van der Waals surface area contributed by atoms with Gasteiger partial charge in [0, 0.05) is 26.1 Å². The second kappa shape index (κ2) is 4.77. The van der Waals surface area contributed by atoms with E-state index >= 15 is 0 Å². The van der Waals surface area contributed by atoms with Gasteiger partial charge in [-0.2, -0.15) is 5.10 Å². The van der Waals surface area contributed by atoms with Gasteiger partial charge >= 0.3 is 0 Å². The third kappa shape index (κ3) is 2.28. The summed E-state index contributed by atoms with van der Waals surface area (Å²) in [5.41, 5.74) is 2.82. The van der Waals surface area contributed by atoms with Crippen molar-refractivity contribution in [1.29, 1.82) is 0 Å². The molecule has 0 amide bonds. The van der Waals surface area contributed by atoms with Gasteiger partial charge in [0.2, 0.25) is 0 Å². The Morgan fingerprint density at radius 2 is 2.16 bits per heavy atom. The zero-order valence-corrected chi connectivity index (χ0v) is 11.3. The maximum atomic E-state index is 8.88. The lowest BCUT2D eigenvalue weighted by atomic mass is 10.3. The quantitative estimate of drug-likeness (QED) is 0.794. The molecule has 2 aromatic rings. The summed E-state index contributed by atoms with van der Waals surface area (Å²) in [7, 11) is 1.91. The largest absolute Gasteiger partial charge is 0.396 e. The van der Waals surface area contributed by atoms with E-state index in [9.17, 15) is 0 Å². The van der Waals surface area contributed by atoms with E-state index in [4.69, 9.17) is 5.11 Å². The monoisotopic (exact) mass is 261 g/mol. The lowest BCUT2D eigenvalue weighted by molar-refractivity contribution is 0.292. The van der Waals surface area contributed by atoms with E-state index in [-0.39, 0.29) is 6.61 Å². The summed E-state index contributed by atoms with van der Waals surface area (Å²) in [4.78, 5) is 9.31. The molecule has 1 aliphatic carbocycles. The maximum absolute atomic E-state index is 8.88. The molecule has 0 bridgehead atoms. The van der Waals surface area contributed by atoms with Crippen LogP contribution in [0.15, 0.2) is 0 Å². The fourth-order valence-corrected chi connectivity index (χ4v) is 2.29. The average molecular weight is 261 g/mol. The summed E-state index contributed by atoms with van der Waals surface area (Å²) in [6.45, 7) is 2.86. The number of aliphatic hydroxyl groups is 1. The van der Waals surface area contributed by atoms with Crippen LogP contribution in [0.2, 0.25) is 0 Å². The molecule has 0 radical (unpaired) electrons. The second-order valence-corrected chi connectivity index (χ2v) is 5.11. The van der Waals surface area contributed by atoms with Gasteiger partial charge in [-0.25, -0.2) is 9.97 Å². The van der Waals surface area contributed by atoms with Crippen molar-refractivity contribution in [3.05, 3.63) is 11.5 Å². The van der Waals surface area contributed by atoms with Gasteiger partial charge in [-0.05, 0) is 26.2 Å². The Morgan fingerprint density at radius 3 is 2.84 bits per heavy atom. The predicted octanol–water partition coefficient (Wildman–Crippen LogP) is 1.34. The van der Waals surface area contributed by atoms with E-state index in [1.165, 1.54) is 12.8 Å². The molecule has 1 saturated carbocycles. The smallest absolute Gasteiger partial charge is 0.156 e. The van der Waals surface area contributed by atoms with Crippen LogP contribution in [0, 0.1) is 6.92 Å². The van der Waals surface area contributed by atoms with E-state index in [0.717, 1.165) is 28.4 Å². The number of hydrogen-bond acceptors (Lipinski definition) is 5. The van der Waals surface area contributed by atoms with E-state index in [1.807, 2.05) is 18.7 Å². The van der Waals surface area contributed by atoms with Crippen LogP contribution in [0.1, 0.15) is 36.7 Å². The number of aliphatic hydroxyl groups excluding tert-OH is 1. The van der Waals surface area contributed by atoms with Crippen LogP contribution in [0.3, 0.4) is 0 Å². The molecule has 3 rings (SSSR count). The van der Waals surface area contributed by atoms with Gasteiger partial charge in [0.15, 0.2) is 5.82 Å². The van der Waals surface area contributed by atoms with Crippen LogP contribution in [0.25, 0.3) is 11.0 Å². The molecule has 0 aliphatic heterocycles. The second-order valence-electron chi connectivity index (χ2n) is 5.11. The van der Waals surface area contributed by atoms with Crippen LogP contribution in [0.5, 0.6) is 0 Å². The standard InChI is InChI=1S/C13H19N5O/c1-8-10-11(18(2)17-8)13(14-6-3-7-19)16-12(15-10)9-4-5-9/h9,19H,3-7H2,1-2H3,(H,14,15,16). The van der Waals surface area contributed by atoms with Crippen molar-refractivity contribution >= 4 is 16.9 Å². The minimum absolute atomic E-state index is 0.182. The SMILES string of the molecule is Cc1nn(C)c2c(NCCCO)nc(C3CC3)nc12. The Kier molecular flexibility index (Phi) is 3.10. The number of aromatic nitrogens is 4. The molecule has 6 nitrogen and oxygen atoms in total. The molecule has 0 aromatic carbocycles. The molecule has 19 heavy (non-hydrogen) atoms. The summed E-state index contributed by atoms with van der Waals surface area (Å²) in [6.07, 6.45) is 3.07. The van der Waals surface area contributed by atoms with E-state index in [2.05, 4.69) is 20.4 Å². The molecule has 0 saturated heterocycles. The first-order chi connectivity index (χ1) is 9.20. The lowest BCUT2D eigenvalue weighted by Gasteiger charge is -2.09. The Balaban J connectivity index is 2.05. The lowest BCUT2D eigenvalue weighted by Crippen LogP contribution is -2.09. The molecule has 2 heterocycles. The molecular formula is C13H19N5O. The summed E-state index contributed by atoms with van der Waals surface area (Å²) in [5, 5.41) is 16.6. The number of rotatable bonds is 5. The van der Waals surface area contributed by atoms with Crippen molar-refractivity contribution in [2.45, 2.75) is 32.1 Å². The molecular weight excluding hydrogens is 242 g/mol. The van der Waals surface area contributed by atoms with Crippen molar-refractivity contribution in [3.8, 4) is 0 Å². The number of nitrogens with zero attached hydrogens (tertiary/aromatic N) is 4. The molecule has 1 aliphatic rings. The molecule has 102 valence electrons. The molecule has 6 heteroatoms. The highest BCUT2D eigenvalue weighted by molar-refractivity contribution is 5.87. The molecule has 2 N–H and O–H groups in total. The molecule has 1 fully saturated rings. The Bertz CT molecular complexity index is 603. The average Bonchev–Trinajstić information content (AvgIpc) is 3.18. The Morgan fingerprint density at radius 1 is 1.37 bits per heavy atom. The van der Waals surface area contributed by atoms with Crippen LogP contribution in [-0.4, -0.2) is 38.0 Å². The maximum Gasteiger partial charge on any atom is 0.156 e. The van der Waals surface area contributed by atoms with E-state index < -0.39 is 0 Å². The first-order valence-corrected chi connectivity index (χ1v) is 6.76. The summed E-state index contributed by atoms with van der Waals surface area (Å²) >= 11 is 0. The first-order valence-electron chi connectivity index (χ1n) is 6.76. The number of aryl methyl sites for hydroxylation is 2. The van der Waals surface area contributed by atoms with Crippen molar-refractivity contribution in [1.82, 2.24) is 19.7 Å². The third-order valence-corrected chi connectivity index (χ3v) is 3.44. The van der Waals surface area contributed by atoms with E-state index in [0.29, 0.717) is 18.9 Å². The summed E-state index contributed by atoms with van der Waals surface area (Å²) in [5.74, 6) is 2.28. The van der Waals surface area contributed by atoms with Crippen LogP contribution in [-0.2, 0) is 7.05 Å². The van der Waals surface area contributed by atoms with Gasteiger partial charge in [-0.15, -0.1) is 0 Å². The van der Waals surface area contributed by atoms with Crippen molar-refractivity contribution in [2.75, 3.05) is 18.5 Å². The van der Waals surface area contributed by atoms with Gasteiger partial charge in [-0.1, -0.05) is 0 Å². The van der Waals surface area contributed by atoms with Crippen molar-refractivity contribution in [3.63, 3.8) is 0 Å². The third-order valence-electron chi connectivity index (χ3n) is 3.44. The molecule has 0 atom stereocenters. The normalized spacial score (nSPS) is 15.1. The Hall–Kier alpha value is -1.69. The molecule has 2 aromatic heterocycles. The van der Waals surface area contributed by atoms with Crippen LogP contribution in [0.4, 0.5) is 5.82 Å². The van der Waals surface area contributed by atoms with E-state index in [1.54, 1.807) is 0 Å². The number of hydrogen-bond donors (Lipinski definition) is 2.